The molecule has 0 spiro atoms. The van der Waals surface area contributed by atoms with E-state index in [1.54, 1.807) is 0 Å². The predicted octanol–water partition coefficient (Wildman–Crippen LogP) is 2.87. The van der Waals surface area contributed by atoms with Gasteiger partial charge < -0.3 is 15.4 Å². The highest BCUT2D eigenvalue weighted by Gasteiger charge is 2.21. The summed E-state index contributed by atoms with van der Waals surface area (Å²) in [7, 11) is 1.46. The van der Waals surface area contributed by atoms with Crippen LogP contribution in [0.1, 0.15) is 27.5 Å². The largest absolute Gasteiger partial charge is 0.496 e. The minimum atomic E-state index is -0.461. The van der Waals surface area contributed by atoms with Gasteiger partial charge in [-0.3, -0.25) is 4.79 Å². The Morgan fingerprint density at radius 3 is 2.92 bits per heavy atom. The van der Waals surface area contributed by atoms with Gasteiger partial charge in [-0.2, -0.15) is 0 Å². The quantitative estimate of drug-likeness (QED) is 0.891. The molecule has 1 amide bonds. The number of amides is 1. The second-order valence-electron chi connectivity index (χ2n) is 5.51. The van der Waals surface area contributed by atoms with Gasteiger partial charge in [-0.05, 0) is 42.3 Å². The topological polar surface area (TPSA) is 50.4 Å². The Bertz CT molecular complexity index is 724. The first-order chi connectivity index (χ1) is 11.2. The van der Waals surface area contributed by atoms with Gasteiger partial charge in [0.15, 0.2) is 0 Å². The molecule has 4 nitrogen and oxygen atoms in total. The van der Waals surface area contributed by atoms with Crippen LogP contribution in [0.4, 0.5) is 4.39 Å². The zero-order chi connectivity index (χ0) is 16.2. The summed E-state index contributed by atoms with van der Waals surface area (Å²) in [6.45, 7) is 1.32. The van der Waals surface area contributed by atoms with Crippen LogP contribution in [0, 0.1) is 5.82 Å². The molecule has 0 fully saturated rings. The van der Waals surface area contributed by atoms with Gasteiger partial charge in [0, 0.05) is 12.6 Å². The van der Waals surface area contributed by atoms with Gasteiger partial charge in [-0.15, -0.1) is 12.4 Å². The summed E-state index contributed by atoms with van der Waals surface area (Å²) in [5, 5.41) is 6.27. The zero-order valence-electron chi connectivity index (χ0n) is 13.3. The standard InChI is InChI=1S/C18H19FN2O2.ClH/c1-23-17-7-6-13(19)10-15(17)18(22)21-11-16-14-5-3-2-4-12(14)8-9-20-16;/h2-7,10,16,20H,8-9,11H2,1H3,(H,21,22);1H. The average Bonchev–Trinajstić information content (AvgIpc) is 2.59. The molecule has 1 atom stereocenters. The SMILES string of the molecule is COc1ccc(F)cc1C(=O)NCC1NCCc2ccccc21.Cl. The number of rotatable bonds is 4. The van der Waals surface area contributed by atoms with Gasteiger partial charge in [0.2, 0.25) is 0 Å². The molecule has 6 heteroatoms. The number of hydrogen-bond acceptors (Lipinski definition) is 3. The van der Waals surface area contributed by atoms with E-state index in [1.807, 2.05) is 12.1 Å². The fourth-order valence-corrected chi connectivity index (χ4v) is 2.92. The summed E-state index contributed by atoms with van der Waals surface area (Å²) in [5.41, 5.74) is 2.70. The van der Waals surface area contributed by atoms with E-state index in [-0.39, 0.29) is 29.9 Å². The number of benzene rings is 2. The molecule has 24 heavy (non-hydrogen) atoms. The van der Waals surface area contributed by atoms with E-state index in [1.165, 1.54) is 36.4 Å². The molecule has 3 rings (SSSR count). The van der Waals surface area contributed by atoms with Crippen molar-refractivity contribution in [3.63, 3.8) is 0 Å². The molecule has 2 aromatic rings. The highest BCUT2D eigenvalue weighted by Crippen LogP contribution is 2.23. The number of halogens is 2. The summed E-state index contributed by atoms with van der Waals surface area (Å²) in [5.74, 6) is -0.441. The van der Waals surface area contributed by atoms with Crippen LogP contribution >= 0.6 is 12.4 Å². The van der Waals surface area contributed by atoms with Crippen molar-refractivity contribution in [2.45, 2.75) is 12.5 Å². The molecular formula is C18H20ClFN2O2. The highest BCUT2D eigenvalue weighted by molar-refractivity contribution is 5.97. The predicted molar refractivity (Wildman–Crippen MR) is 93.4 cm³/mol. The molecule has 2 aromatic carbocycles. The fourth-order valence-electron chi connectivity index (χ4n) is 2.92. The van der Waals surface area contributed by atoms with Crippen molar-refractivity contribution in [3.8, 4) is 5.75 Å². The summed E-state index contributed by atoms with van der Waals surface area (Å²) in [4.78, 5) is 12.3. The van der Waals surface area contributed by atoms with Crippen LogP contribution in [0.15, 0.2) is 42.5 Å². The Balaban J connectivity index is 0.00000208. The van der Waals surface area contributed by atoms with Crippen LogP contribution in [0.5, 0.6) is 5.75 Å². The van der Waals surface area contributed by atoms with Gasteiger partial charge >= 0.3 is 0 Å². The Hall–Kier alpha value is -2.11. The van der Waals surface area contributed by atoms with Crippen LogP contribution in [-0.4, -0.2) is 26.1 Å². The number of nitrogens with one attached hydrogen (secondary N) is 2. The summed E-state index contributed by atoms with van der Waals surface area (Å²) in [6, 6.07) is 12.2. The summed E-state index contributed by atoms with van der Waals surface area (Å²) >= 11 is 0. The zero-order valence-corrected chi connectivity index (χ0v) is 14.2. The van der Waals surface area contributed by atoms with Crippen LogP contribution in [0.25, 0.3) is 0 Å². The molecule has 1 unspecified atom stereocenters. The molecule has 128 valence electrons. The Morgan fingerprint density at radius 1 is 1.33 bits per heavy atom. The monoisotopic (exact) mass is 350 g/mol. The number of hydrogen-bond donors (Lipinski definition) is 2. The second-order valence-corrected chi connectivity index (χ2v) is 5.51. The lowest BCUT2D eigenvalue weighted by molar-refractivity contribution is 0.0945. The van der Waals surface area contributed by atoms with Gasteiger partial charge in [0.05, 0.1) is 12.7 Å². The Kier molecular flexibility index (Phi) is 6.17. The third-order valence-electron chi connectivity index (χ3n) is 4.09. The van der Waals surface area contributed by atoms with Crippen molar-refractivity contribution >= 4 is 18.3 Å². The second kappa shape index (κ2) is 8.13. The number of fused-ring (bicyclic) bond motifs is 1. The highest BCUT2D eigenvalue weighted by atomic mass is 35.5. The fraction of sp³-hybridized carbons (Fsp3) is 0.278. The molecule has 0 saturated carbocycles. The van der Waals surface area contributed by atoms with Crippen molar-refractivity contribution in [1.29, 1.82) is 0 Å². The van der Waals surface area contributed by atoms with E-state index in [4.69, 9.17) is 4.74 Å². The molecule has 2 N–H and O–H groups in total. The van der Waals surface area contributed by atoms with Crippen LogP contribution in [0.2, 0.25) is 0 Å². The maximum absolute atomic E-state index is 13.4. The maximum Gasteiger partial charge on any atom is 0.255 e. The lowest BCUT2D eigenvalue weighted by atomic mass is 9.94. The van der Waals surface area contributed by atoms with Crippen LogP contribution in [0.3, 0.4) is 0 Å². The minimum Gasteiger partial charge on any atom is -0.496 e. The third kappa shape index (κ3) is 3.86. The lowest BCUT2D eigenvalue weighted by Gasteiger charge is -2.27. The van der Waals surface area contributed by atoms with Gasteiger partial charge in [0.25, 0.3) is 5.91 Å². The van der Waals surface area contributed by atoms with Crippen molar-refractivity contribution in [3.05, 3.63) is 65.0 Å². The van der Waals surface area contributed by atoms with Gasteiger partial charge in [-0.25, -0.2) is 4.39 Å². The summed E-state index contributed by atoms with van der Waals surface area (Å²) < 4.78 is 18.5. The van der Waals surface area contributed by atoms with E-state index in [9.17, 15) is 9.18 Å². The lowest BCUT2D eigenvalue weighted by Crippen LogP contribution is -2.38. The van der Waals surface area contributed by atoms with Crippen molar-refractivity contribution in [1.82, 2.24) is 10.6 Å². The van der Waals surface area contributed by atoms with Crippen molar-refractivity contribution in [2.75, 3.05) is 20.2 Å². The molecule has 0 bridgehead atoms. The molecule has 0 aliphatic carbocycles. The number of ether oxygens (including phenoxy) is 1. The molecule has 0 aromatic heterocycles. The van der Waals surface area contributed by atoms with E-state index in [0.29, 0.717) is 12.3 Å². The normalized spacial score (nSPS) is 15.8. The summed E-state index contributed by atoms with van der Waals surface area (Å²) in [6.07, 6.45) is 0.984. The van der Waals surface area contributed by atoms with Gasteiger partial charge in [-0.1, -0.05) is 24.3 Å². The van der Waals surface area contributed by atoms with Crippen LogP contribution < -0.4 is 15.4 Å². The average molecular weight is 351 g/mol. The molecule has 0 saturated heterocycles. The van der Waals surface area contributed by atoms with Crippen molar-refractivity contribution in [2.24, 2.45) is 0 Å². The van der Waals surface area contributed by atoms with E-state index < -0.39 is 5.82 Å². The molecule has 0 radical (unpaired) electrons. The minimum absolute atomic E-state index is 0. The molecule has 1 aliphatic heterocycles. The van der Waals surface area contributed by atoms with Gasteiger partial charge in [0.1, 0.15) is 11.6 Å². The third-order valence-corrected chi connectivity index (χ3v) is 4.09. The number of methoxy groups -OCH3 is 1. The molecular weight excluding hydrogens is 331 g/mol. The first-order valence-corrected chi connectivity index (χ1v) is 7.62. The van der Waals surface area contributed by atoms with E-state index >= 15 is 0 Å². The smallest absolute Gasteiger partial charge is 0.255 e. The van der Waals surface area contributed by atoms with Crippen LogP contribution in [-0.2, 0) is 6.42 Å². The Labute approximate surface area is 146 Å². The van der Waals surface area contributed by atoms with E-state index in [0.717, 1.165) is 13.0 Å². The molecule has 1 aliphatic rings. The first-order valence-electron chi connectivity index (χ1n) is 7.62. The maximum atomic E-state index is 13.4. The first kappa shape index (κ1) is 18.2. The number of carbonyl (C=O) groups excluding carboxylic acids is 1. The van der Waals surface area contributed by atoms with E-state index in [2.05, 4.69) is 22.8 Å². The number of carbonyl (C=O) groups is 1. The molecule has 1 heterocycles. The Morgan fingerprint density at radius 2 is 2.12 bits per heavy atom. The van der Waals surface area contributed by atoms with Crippen molar-refractivity contribution < 1.29 is 13.9 Å².